The van der Waals surface area contributed by atoms with Gasteiger partial charge in [-0.2, -0.15) is 0 Å². The molecule has 2 rings (SSSR count). The predicted molar refractivity (Wildman–Crippen MR) is 84.5 cm³/mol. The largest absolute Gasteiger partial charge is 0.450 e. The van der Waals surface area contributed by atoms with Crippen LogP contribution in [0, 0.1) is 0 Å². The van der Waals surface area contributed by atoms with E-state index < -0.39 is 0 Å². The van der Waals surface area contributed by atoms with Crippen LogP contribution in [0.4, 0.5) is 4.79 Å². The quantitative estimate of drug-likeness (QED) is 0.778. The van der Waals surface area contributed by atoms with Crippen LogP contribution in [0.15, 0.2) is 0 Å². The van der Waals surface area contributed by atoms with E-state index in [-0.39, 0.29) is 6.09 Å². The number of likely N-dealkylation sites (tertiary alicyclic amines) is 2. The van der Waals surface area contributed by atoms with Gasteiger partial charge in [0.25, 0.3) is 0 Å². The molecule has 0 atom stereocenters. The third kappa shape index (κ3) is 5.15. The Morgan fingerprint density at radius 1 is 1.05 bits per heavy atom. The van der Waals surface area contributed by atoms with Gasteiger partial charge in [-0.05, 0) is 45.7 Å². The van der Waals surface area contributed by atoms with E-state index in [2.05, 4.69) is 9.80 Å². The highest BCUT2D eigenvalue weighted by Gasteiger charge is 2.26. The molecule has 2 aliphatic rings. The molecule has 0 unspecified atom stereocenters. The summed E-state index contributed by atoms with van der Waals surface area (Å²) in [5.41, 5.74) is 0. The van der Waals surface area contributed by atoms with Crippen LogP contribution in [0.5, 0.6) is 0 Å². The van der Waals surface area contributed by atoms with Crippen LogP contribution in [0.3, 0.4) is 0 Å². The molecule has 5 heteroatoms. The first kappa shape index (κ1) is 16.6. The molecule has 0 aliphatic carbocycles. The van der Waals surface area contributed by atoms with Crippen LogP contribution in [-0.4, -0.2) is 79.8 Å². The Morgan fingerprint density at radius 3 is 2.19 bits per heavy atom. The van der Waals surface area contributed by atoms with Gasteiger partial charge in [-0.25, -0.2) is 4.79 Å². The van der Waals surface area contributed by atoms with Gasteiger partial charge in [0.15, 0.2) is 0 Å². The summed E-state index contributed by atoms with van der Waals surface area (Å²) in [6.45, 7) is 9.45. The molecule has 0 spiro atoms. The van der Waals surface area contributed by atoms with Crippen molar-refractivity contribution in [1.29, 1.82) is 0 Å². The third-order valence-electron chi connectivity index (χ3n) is 4.84. The second-order valence-corrected chi connectivity index (χ2v) is 6.28. The van der Waals surface area contributed by atoms with Gasteiger partial charge < -0.3 is 19.4 Å². The van der Waals surface area contributed by atoms with Gasteiger partial charge in [0, 0.05) is 39.3 Å². The summed E-state index contributed by atoms with van der Waals surface area (Å²) in [6, 6.07) is 0.343. The first-order valence-electron chi connectivity index (χ1n) is 8.55. The molecule has 2 heterocycles. The molecular formula is C16H31N3O2. The van der Waals surface area contributed by atoms with Gasteiger partial charge in [-0.1, -0.05) is 6.42 Å². The van der Waals surface area contributed by atoms with Crippen molar-refractivity contribution < 1.29 is 9.53 Å². The van der Waals surface area contributed by atoms with Crippen LogP contribution in [-0.2, 0) is 4.74 Å². The van der Waals surface area contributed by atoms with Gasteiger partial charge in [0.05, 0.1) is 6.61 Å². The van der Waals surface area contributed by atoms with E-state index in [0.29, 0.717) is 12.6 Å². The van der Waals surface area contributed by atoms with Crippen molar-refractivity contribution in [2.24, 2.45) is 0 Å². The van der Waals surface area contributed by atoms with Crippen molar-refractivity contribution in [1.82, 2.24) is 14.7 Å². The summed E-state index contributed by atoms with van der Waals surface area (Å²) in [7, 11) is 1.87. The lowest BCUT2D eigenvalue weighted by Gasteiger charge is -2.37. The molecule has 2 fully saturated rings. The normalized spacial score (nSPS) is 22.2. The van der Waals surface area contributed by atoms with E-state index in [0.717, 1.165) is 25.9 Å². The lowest BCUT2D eigenvalue weighted by atomic mass is 10.0. The fraction of sp³-hybridized carbons (Fsp3) is 0.938. The number of rotatable bonds is 5. The van der Waals surface area contributed by atoms with Gasteiger partial charge in [-0.15, -0.1) is 0 Å². The van der Waals surface area contributed by atoms with Crippen molar-refractivity contribution in [3.8, 4) is 0 Å². The zero-order valence-corrected chi connectivity index (χ0v) is 13.7. The molecule has 0 radical (unpaired) electrons. The Balaban J connectivity index is 1.64. The van der Waals surface area contributed by atoms with E-state index in [9.17, 15) is 4.79 Å². The number of carbonyl (C=O) groups is 1. The number of carbonyl (C=O) groups excluding carboxylic acids is 1. The Morgan fingerprint density at radius 2 is 1.62 bits per heavy atom. The van der Waals surface area contributed by atoms with Crippen molar-refractivity contribution in [2.75, 3.05) is 52.9 Å². The standard InChI is InChI=1S/C16H31N3O2/c1-3-21-16(20)17(2)15-7-11-19(12-8-15)14-13-18-9-5-4-6-10-18/h15H,3-14H2,1-2H3. The Labute approximate surface area is 129 Å². The number of ether oxygens (including phenoxy) is 1. The van der Waals surface area contributed by atoms with Gasteiger partial charge >= 0.3 is 6.09 Å². The highest BCUT2D eigenvalue weighted by Crippen LogP contribution is 2.16. The molecule has 1 amide bonds. The second kappa shape index (κ2) is 8.59. The maximum Gasteiger partial charge on any atom is 0.409 e. The van der Waals surface area contributed by atoms with Crippen molar-refractivity contribution in [3.63, 3.8) is 0 Å². The molecule has 0 aromatic carbocycles. The minimum Gasteiger partial charge on any atom is -0.450 e. The van der Waals surface area contributed by atoms with E-state index in [1.165, 1.54) is 45.4 Å². The van der Waals surface area contributed by atoms with Crippen molar-refractivity contribution in [3.05, 3.63) is 0 Å². The molecular weight excluding hydrogens is 266 g/mol. The smallest absolute Gasteiger partial charge is 0.409 e. The van der Waals surface area contributed by atoms with Crippen LogP contribution >= 0.6 is 0 Å². The van der Waals surface area contributed by atoms with Gasteiger partial charge in [0.1, 0.15) is 0 Å². The zero-order chi connectivity index (χ0) is 15.1. The second-order valence-electron chi connectivity index (χ2n) is 6.28. The number of hydrogen-bond acceptors (Lipinski definition) is 4. The monoisotopic (exact) mass is 297 g/mol. The minimum atomic E-state index is -0.177. The topological polar surface area (TPSA) is 36.0 Å². The first-order chi connectivity index (χ1) is 10.2. The summed E-state index contributed by atoms with van der Waals surface area (Å²) in [5.74, 6) is 0. The summed E-state index contributed by atoms with van der Waals surface area (Å²) >= 11 is 0. The Kier molecular flexibility index (Phi) is 6.77. The lowest BCUT2D eigenvalue weighted by Crippen LogP contribution is -2.47. The van der Waals surface area contributed by atoms with Gasteiger partial charge in [-0.3, -0.25) is 0 Å². The maximum atomic E-state index is 11.7. The molecule has 2 aliphatic heterocycles. The van der Waals surface area contributed by atoms with Crippen molar-refractivity contribution >= 4 is 6.09 Å². The molecule has 0 aromatic heterocycles. The maximum absolute atomic E-state index is 11.7. The Hall–Kier alpha value is -0.810. The third-order valence-corrected chi connectivity index (χ3v) is 4.84. The van der Waals surface area contributed by atoms with Crippen LogP contribution in [0.25, 0.3) is 0 Å². The minimum absolute atomic E-state index is 0.177. The van der Waals surface area contributed by atoms with Crippen LogP contribution < -0.4 is 0 Å². The zero-order valence-electron chi connectivity index (χ0n) is 13.7. The molecule has 2 saturated heterocycles. The van der Waals surface area contributed by atoms with E-state index >= 15 is 0 Å². The number of nitrogens with zero attached hydrogens (tertiary/aromatic N) is 3. The Bertz CT molecular complexity index is 311. The molecule has 21 heavy (non-hydrogen) atoms. The molecule has 122 valence electrons. The van der Waals surface area contributed by atoms with Crippen LogP contribution in [0.1, 0.15) is 39.0 Å². The van der Waals surface area contributed by atoms with Gasteiger partial charge in [0.2, 0.25) is 0 Å². The predicted octanol–water partition coefficient (Wildman–Crippen LogP) is 2.02. The SMILES string of the molecule is CCOC(=O)N(C)C1CCN(CCN2CCCCC2)CC1. The summed E-state index contributed by atoms with van der Waals surface area (Å²) < 4.78 is 5.08. The average Bonchev–Trinajstić information content (AvgIpc) is 2.54. The fourth-order valence-electron chi connectivity index (χ4n) is 3.37. The number of amides is 1. The molecule has 0 bridgehead atoms. The number of piperidine rings is 2. The van der Waals surface area contributed by atoms with E-state index in [4.69, 9.17) is 4.74 Å². The summed E-state index contributed by atoms with van der Waals surface area (Å²) in [6.07, 6.45) is 6.09. The lowest BCUT2D eigenvalue weighted by molar-refractivity contribution is 0.0771. The summed E-state index contributed by atoms with van der Waals surface area (Å²) in [5, 5.41) is 0. The molecule has 5 nitrogen and oxygen atoms in total. The number of hydrogen-bond donors (Lipinski definition) is 0. The highest BCUT2D eigenvalue weighted by molar-refractivity contribution is 5.67. The first-order valence-corrected chi connectivity index (χ1v) is 8.55. The average molecular weight is 297 g/mol. The van der Waals surface area contributed by atoms with Crippen molar-refractivity contribution in [2.45, 2.75) is 45.1 Å². The van der Waals surface area contributed by atoms with Crippen LogP contribution in [0.2, 0.25) is 0 Å². The fourth-order valence-corrected chi connectivity index (χ4v) is 3.37. The van der Waals surface area contributed by atoms with E-state index in [1.807, 2.05) is 14.0 Å². The summed E-state index contributed by atoms with van der Waals surface area (Å²) in [4.78, 5) is 18.7. The molecule has 0 saturated carbocycles. The molecule has 0 aromatic rings. The molecule has 0 N–H and O–H groups in total. The van der Waals surface area contributed by atoms with E-state index in [1.54, 1.807) is 4.90 Å². The highest BCUT2D eigenvalue weighted by atomic mass is 16.6.